The van der Waals surface area contributed by atoms with E-state index in [0.29, 0.717) is 12.0 Å². The second-order valence-corrected chi connectivity index (χ2v) is 6.85. The molecule has 4 rings (SSSR count). The summed E-state index contributed by atoms with van der Waals surface area (Å²) in [6, 6.07) is 15.4. The average molecular weight is 342 g/mol. The van der Waals surface area contributed by atoms with Crippen LogP contribution in [0.2, 0.25) is 0 Å². The Morgan fingerprint density at radius 1 is 1.00 bits per heavy atom. The summed E-state index contributed by atoms with van der Waals surface area (Å²) in [5, 5.41) is 3.71. The summed E-state index contributed by atoms with van der Waals surface area (Å²) >= 11 is 0.0269. The molecular formula is C17H17N3Se. The number of benzene rings is 2. The second-order valence-electron chi connectivity index (χ2n) is 5.74. The fraction of sp³-hybridized carbons (Fsp3) is 0.294. The van der Waals surface area contributed by atoms with Crippen LogP contribution in [-0.4, -0.2) is 14.6 Å². The van der Waals surface area contributed by atoms with Crippen molar-refractivity contribution < 1.29 is 0 Å². The number of nitrogens with one attached hydrogen (secondary N) is 1. The zero-order valence-corrected chi connectivity index (χ0v) is 13.6. The van der Waals surface area contributed by atoms with E-state index in [-0.39, 0.29) is 14.6 Å². The third-order valence-corrected chi connectivity index (χ3v) is 5.54. The van der Waals surface area contributed by atoms with Gasteiger partial charge in [-0.1, -0.05) is 0 Å². The molecule has 106 valence electrons. The average Bonchev–Trinajstić information content (AvgIpc) is 3.00. The summed E-state index contributed by atoms with van der Waals surface area (Å²) in [4.78, 5) is 0. The molecule has 1 aliphatic heterocycles. The van der Waals surface area contributed by atoms with Crippen molar-refractivity contribution in [2.45, 2.75) is 31.7 Å². The first kappa shape index (κ1) is 13.1. The summed E-state index contributed by atoms with van der Waals surface area (Å²) in [5.74, 6) is 0.656. The predicted octanol–water partition coefficient (Wildman–Crippen LogP) is 5.09. The number of anilines is 1. The first-order chi connectivity index (χ1) is 10.3. The van der Waals surface area contributed by atoms with Crippen molar-refractivity contribution in [1.82, 2.24) is 0 Å². The summed E-state index contributed by atoms with van der Waals surface area (Å²) in [6.45, 7) is 2.33. The molecule has 2 atom stereocenters. The SMILES string of the molecule is CC1CCC(Nc2cccc3c2N=[Se]=N3)c2ccccc21. The van der Waals surface area contributed by atoms with Gasteiger partial charge in [0.1, 0.15) is 0 Å². The van der Waals surface area contributed by atoms with E-state index in [2.05, 4.69) is 62.6 Å². The second kappa shape index (κ2) is 5.28. The zero-order chi connectivity index (χ0) is 14.2. The first-order valence-electron chi connectivity index (χ1n) is 7.39. The van der Waals surface area contributed by atoms with E-state index in [1.807, 2.05) is 0 Å². The van der Waals surface area contributed by atoms with Crippen LogP contribution in [0.25, 0.3) is 0 Å². The predicted molar refractivity (Wildman–Crippen MR) is 86.8 cm³/mol. The summed E-state index contributed by atoms with van der Waals surface area (Å²) in [6.07, 6.45) is 2.40. The van der Waals surface area contributed by atoms with Crippen LogP contribution in [-0.2, 0) is 0 Å². The van der Waals surface area contributed by atoms with Gasteiger partial charge in [0.2, 0.25) is 0 Å². The van der Waals surface area contributed by atoms with Gasteiger partial charge in [-0.05, 0) is 0 Å². The van der Waals surface area contributed by atoms with Gasteiger partial charge in [-0.2, -0.15) is 0 Å². The number of fused-ring (bicyclic) bond motifs is 2. The van der Waals surface area contributed by atoms with Crippen molar-refractivity contribution in [3.63, 3.8) is 0 Å². The topological polar surface area (TPSA) is 36.8 Å². The Balaban J connectivity index is 1.69. The van der Waals surface area contributed by atoms with Gasteiger partial charge >= 0.3 is 130 Å². The summed E-state index contributed by atoms with van der Waals surface area (Å²) in [5.41, 5.74) is 6.14. The minimum atomic E-state index is 0.0269. The van der Waals surface area contributed by atoms with E-state index >= 15 is 0 Å². The van der Waals surface area contributed by atoms with Crippen molar-refractivity contribution in [3.8, 4) is 0 Å². The Morgan fingerprint density at radius 3 is 2.76 bits per heavy atom. The van der Waals surface area contributed by atoms with Crippen LogP contribution >= 0.6 is 0 Å². The molecule has 0 radical (unpaired) electrons. The van der Waals surface area contributed by atoms with Crippen molar-refractivity contribution >= 4 is 31.6 Å². The first-order valence-corrected chi connectivity index (χ1v) is 8.93. The van der Waals surface area contributed by atoms with Gasteiger partial charge in [0.15, 0.2) is 0 Å². The van der Waals surface area contributed by atoms with E-state index < -0.39 is 0 Å². The maximum absolute atomic E-state index is 4.57. The minimum absolute atomic E-state index is 0.0269. The number of rotatable bonds is 2. The molecule has 0 spiro atoms. The molecule has 0 fully saturated rings. The molecule has 2 aliphatic rings. The Hall–Kier alpha value is -1.64. The molecule has 3 nitrogen and oxygen atoms in total. The van der Waals surface area contributed by atoms with Gasteiger partial charge in [0.05, 0.1) is 0 Å². The van der Waals surface area contributed by atoms with E-state index in [0.717, 1.165) is 17.1 Å². The van der Waals surface area contributed by atoms with Crippen LogP contribution in [0.15, 0.2) is 50.4 Å². The van der Waals surface area contributed by atoms with Crippen molar-refractivity contribution in [1.29, 1.82) is 0 Å². The Labute approximate surface area is 130 Å². The Morgan fingerprint density at radius 2 is 1.86 bits per heavy atom. The summed E-state index contributed by atoms with van der Waals surface area (Å²) in [7, 11) is 0. The van der Waals surface area contributed by atoms with Crippen molar-refractivity contribution in [2.75, 3.05) is 5.32 Å². The fourth-order valence-corrected chi connectivity index (χ4v) is 4.42. The molecule has 2 aromatic carbocycles. The van der Waals surface area contributed by atoms with Crippen molar-refractivity contribution in [2.24, 2.45) is 7.92 Å². The Kier molecular flexibility index (Phi) is 3.28. The molecule has 1 heterocycles. The van der Waals surface area contributed by atoms with E-state index in [1.54, 1.807) is 0 Å². The van der Waals surface area contributed by atoms with E-state index in [4.69, 9.17) is 0 Å². The molecule has 1 N–H and O–H groups in total. The van der Waals surface area contributed by atoms with Gasteiger partial charge in [-0.3, -0.25) is 0 Å². The molecular weight excluding hydrogens is 325 g/mol. The van der Waals surface area contributed by atoms with Crippen LogP contribution in [0.4, 0.5) is 17.1 Å². The van der Waals surface area contributed by atoms with Gasteiger partial charge in [0.25, 0.3) is 0 Å². The van der Waals surface area contributed by atoms with Crippen LogP contribution in [0.3, 0.4) is 0 Å². The Bertz CT molecular complexity index is 762. The number of hydrogen-bond acceptors (Lipinski definition) is 3. The van der Waals surface area contributed by atoms with Gasteiger partial charge in [-0.15, -0.1) is 0 Å². The van der Waals surface area contributed by atoms with Crippen LogP contribution in [0.1, 0.15) is 42.9 Å². The molecule has 2 aromatic rings. The van der Waals surface area contributed by atoms with Gasteiger partial charge in [-0.25, -0.2) is 0 Å². The fourth-order valence-electron chi connectivity index (χ4n) is 3.26. The summed E-state index contributed by atoms with van der Waals surface area (Å²) < 4.78 is 9.03. The van der Waals surface area contributed by atoms with Crippen LogP contribution < -0.4 is 5.32 Å². The van der Waals surface area contributed by atoms with Crippen molar-refractivity contribution in [3.05, 3.63) is 53.6 Å². The number of nitrogens with zero attached hydrogens (tertiary/aromatic N) is 2. The standard InChI is InChI=1S/C17H17N3Se/c1-11-9-10-14(13-6-3-2-5-12(11)13)18-15-7-4-8-16-17(15)20-21-19-16/h2-8,11,14,18H,9-10H2,1H3. The molecule has 0 aromatic heterocycles. The van der Waals surface area contributed by atoms with E-state index in [9.17, 15) is 0 Å². The van der Waals surface area contributed by atoms with Crippen LogP contribution in [0, 0.1) is 0 Å². The molecule has 21 heavy (non-hydrogen) atoms. The van der Waals surface area contributed by atoms with Gasteiger partial charge < -0.3 is 0 Å². The molecule has 4 heteroatoms. The van der Waals surface area contributed by atoms with E-state index in [1.165, 1.54) is 24.0 Å². The monoisotopic (exact) mass is 343 g/mol. The molecule has 1 aliphatic carbocycles. The third-order valence-electron chi connectivity index (χ3n) is 4.41. The normalized spacial score (nSPS) is 22.3. The van der Waals surface area contributed by atoms with Crippen LogP contribution in [0.5, 0.6) is 0 Å². The van der Waals surface area contributed by atoms with Gasteiger partial charge in [0, 0.05) is 0 Å². The maximum atomic E-state index is 4.57. The zero-order valence-electron chi connectivity index (χ0n) is 11.9. The number of hydrogen-bond donors (Lipinski definition) is 1. The molecule has 0 saturated carbocycles. The quantitative estimate of drug-likeness (QED) is 0.648. The molecule has 0 saturated heterocycles. The third kappa shape index (κ3) is 2.29. The molecule has 0 amide bonds. The molecule has 2 unspecified atom stereocenters. The molecule has 0 bridgehead atoms.